The van der Waals surface area contributed by atoms with Gasteiger partial charge in [0.05, 0.1) is 18.1 Å². The first-order valence-electron chi connectivity index (χ1n) is 12.8. The molecule has 3 aliphatic heterocycles. The van der Waals surface area contributed by atoms with Crippen LogP contribution < -0.4 is 4.90 Å². The Kier molecular flexibility index (Phi) is 4.89. The van der Waals surface area contributed by atoms with Gasteiger partial charge in [-0.05, 0) is 74.5 Å². The van der Waals surface area contributed by atoms with Crippen LogP contribution in [0.4, 0.5) is 5.69 Å². The Morgan fingerprint density at radius 3 is 2.66 bits per heavy atom. The first-order chi connectivity index (χ1) is 15.4. The predicted molar refractivity (Wildman–Crippen MR) is 125 cm³/mol. The number of hydrogen-bond donors (Lipinski definition) is 0. The standard InChI is InChI=1S/C27H38N2O3/c1-18-6-4-7-22(19(18)2)29-12-10-28(11-13-29)16-21-20-14-24-26(3,15-23(20)32-25(21)30)8-5-9-27(24)17-31-27/h4,6-7,20-21,23-24H,5,8-17H2,1-3H3/t20-,21-,23+,24-,26+,27+/m0/s1. The van der Waals surface area contributed by atoms with Crippen molar-refractivity contribution in [3.05, 3.63) is 29.3 Å². The van der Waals surface area contributed by atoms with E-state index in [1.54, 1.807) is 0 Å². The molecule has 0 radical (unpaired) electrons. The fraction of sp³-hybridized carbons (Fsp3) is 0.741. The Labute approximate surface area is 192 Å². The van der Waals surface area contributed by atoms with E-state index >= 15 is 0 Å². The summed E-state index contributed by atoms with van der Waals surface area (Å²) in [6.45, 7) is 12.7. The van der Waals surface area contributed by atoms with Crippen LogP contribution in [0.25, 0.3) is 0 Å². The minimum Gasteiger partial charge on any atom is -0.462 e. The van der Waals surface area contributed by atoms with Gasteiger partial charge in [0.1, 0.15) is 6.10 Å². The van der Waals surface area contributed by atoms with Gasteiger partial charge in [-0.2, -0.15) is 0 Å². The molecule has 6 rings (SSSR count). The van der Waals surface area contributed by atoms with Crippen LogP contribution in [0.3, 0.4) is 0 Å². The molecule has 2 saturated carbocycles. The van der Waals surface area contributed by atoms with Gasteiger partial charge in [0.2, 0.25) is 0 Å². The second-order valence-electron chi connectivity index (χ2n) is 11.6. The molecular weight excluding hydrogens is 400 g/mol. The summed E-state index contributed by atoms with van der Waals surface area (Å²) in [6, 6.07) is 6.60. The number of piperazine rings is 1. The molecule has 5 nitrogen and oxygen atoms in total. The zero-order chi connectivity index (χ0) is 22.1. The molecule has 3 heterocycles. The fourth-order valence-electron chi connectivity index (χ4n) is 7.69. The highest BCUT2D eigenvalue weighted by Crippen LogP contribution is 2.62. The highest BCUT2D eigenvalue weighted by atomic mass is 16.6. The number of carbonyl (C=O) groups excluding carboxylic acids is 1. The van der Waals surface area contributed by atoms with E-state index in [-0.39, 0.29) is 29.0 Å². The molecule has 0 N–H and O–H groups in total. The van der Waals surface area contributed by atoms with Crippen LogP contribution in [-0.2, 0) is 14.3 Å². The van der Waals surface area contributed by atoms with Crippen molar-refractivity contribution in [3.63, 3.8) is 0 Å². The zero-order valence-electron chi connectivity index (χ0n) is 19.9. The molecule has 5 heteroatoms. The molecule has 3 saturated heterocycles. The van der Waals surface area contributed by atoms with Crippen LogP contribution in [0.1, 0.15) is 50.2 Å². The van der Waals surface area contributed by atoms with Crippen molar-refractivity contribution in [2.45, 2.75) is 64.6 Å². The third kappa shape index (κ3) is 3.30. The molecule has 5 aliphatic rings. The zero-order valence-corrected chi connectivity index (χ0v) is 19.9. The molecule has 32 heavy (non-hydrogen) atoms. The number of ether oxygens (including phenoxy) is 2. The molecule has 6 atom stereocenters. The van der Waals surface area contributed by atoms with Gasteiger partial charge in [-0.1, -0.05) is 19.1 Å². The number of anilines is 1. The summed E-state index contributed by atoms with van der Waals surface area (Å²) in [7, 11) is 0. The van der Waals surface area contributed by atoms with E-state index in [1.807, 2.05) is 0 Å². The molecular formula is C27H38N2O3. The Bertz CT molecular complexity index is 904. The van der Waals surface area contributed by atoms with E-state index in [4.69, 9.17) is 9.47 Å². The summed E-state index contributed by atoms with van der Waals surface area (Å²) in [4.78, 5) is 18.0. The molecule has 2 aliphatic carbocycles. The smallest absolute Gasteiger partial charge is 0.310 e. The first-order valence-corrected chi connectivity index (χ1v) is 12.8. The summed E-state index contributed by atoms with van der Waals surface area (Å²) in [5.74, 6) is 1.07. The van der Waals surface area contributed by atoms with E-state index in [0.29, 0.717) is 11.8 Å². The van der Waals surface area contributed by atoms with Crippen LogP contribution in [0, 0.1) is 37.0 Å². The number of fused-ring (bicyclic) bond motifs is 3. The minimum absolute atomic E-state index is 0.0366. The highest BCUT2D eigenvalue weighted by Gasteiger charge is 2.65. The average Bonchev–Trinajstić information content (AvgIpc) is 3.47. The third-order valence-electron chi connectivity index (χ3n) is 9.82. The molecule has 0 aromatic heterocycles. The Balaban J connectivity index is 1.12. The van der Waals surface area contributed by atoms with E-state index in [0.717, 1.165) is 52.2 Å². The maximum Gasteiger partial charge on any atom is 0.310 e. The molecule has 1 spiro atoms. The Hall–Kier alpha value is -1.59. The van der Waals surface area contributed by atoms with Crippen LogP contribution >= 0.6 is 0 Å². The summed E-state index contributed by atoms with van der Waals surface area (Å²) in [5, 5.41) is 0. The quantitative estimate of drug-likeness (QED) is 0.528. The number of aryl methyl sites for hydroxylation is 1. The first kappa shape index (κ1) is 21.0. The van der Waals surface area contributed by atoms with E-state index in [9.17, 15) is 4.79 Å². The lowest BCUT2D eigenvalue weighted by Gasteiger charge is -2.51. The van der Waals surface area contributed by atoms with Crippen LogP contribution in [0.15, 0.2) is 18.2 Å². The summed E-state index contributed by atoms with van der Waals surface area (Å²) in [6.07, 6.45) is 6.00. The second-order valence-corrected chi connectivity index (χ2v) is 11.6. The Morgan fingerprint density at radius 1 is 1.12 bits per heavy atom. The molecule has 0 bridgehead atoms. The molecule has 174 valence electrons. The molecule has 1 aromatic carbocycles. The summed E-state index contributed by atoms with van der Waals surface area (Å²) < 4.78 is 12.1. The Morgan fingerprint density at radius 2 is 1.91 bits per heavy atom. The lowest BCUT2D eigenvalue weighted by atomic mass is 9.53. The van der Waals surface area contributed by atoms with Crippen molar-refractivity contribution in [2.75, 3.05) is 44.2 Å². The van der Waals surface area contributed by atoms with Gasteiger partial charge in [-0.3, -0.25) is 9.69 Å². The number of rotatable bonds is 3. The molecule has 1 aromatic rings. The van der Waals surface area contributed by atoms with Gasteiger partial charge in [0, 0.05) is 44.3 Å². The van der Waals surface area contributed by atoms with Crippen molar-refractivity contribution in [2.24, 2.45) is 23.2 Å². The molecule has 0 unspecified atom stereocenters. The third-order valence-corrected chi connectivity index (χ3v) is 9.82. The van der Waals surface area contributed by atoms with Crippen molar-refractivity contribution in [3.8, 4) is 0 Å². The van der Waals surface area contributed by atoms with Crippen molar-refractivity contribution < 1.29 is 14.3 Å². The van der Waals surface area contributed by atoms with E-state index < -0.39 is 0 Å². The largest absolute Gasteiger partial charge is 0.462 e. The maximum atomic E-state index is 13.0. The van der Waals surface area contributed by atoms with Crippen LogP contribution in [-0.4, -0.2) is 61.9 Å². The number of nitrogens with zero attached hydrogens (tertiary/aromatic N) is 2. The number of benzene rings is 1. The lowest BCUT2D eigenvalue weighted by molar-refractivity contribution is -0.147. The highest BCUT2D eigenvalue weighted by molar-refractivity contribution is 5.75. The SMILES string of the molecule is Cc1cccc(N2CCN(C[C@@H]3C(=O)O[C@@H]4C[C@@]5(C)CCC[C@@]6(CO6)[C@H]5C[C@@H]34)CC2)c1C. The number of carbonyl (C=O) groups is 1. The van der Waals surface area contributed by atoms with Gasteiger partial charge < -0.3 is 14.4 Å². The van der Waals surface area contributed by atoms with Gasteiger partial charge in [0.15, 0.2) is 0 Å². The number of epoxide rings is 1. The van der Waals surface area contributed by atoms with E-state index in [1.165, 1.54) is 36.1 Å². The van der Waals surface area contributed by atoms with Crippen LogP contribution in [0.5, 0.6) is 0 Å². The number of hydrogen-bond acceptors (Lipinski definition) is 5. The van der Waals surface area contributed by atoms with Crippen molar-refractivity contribution in [1.29, 1.82) is 0 Å². The maximum absolute atomic E-state index is 13.0. The van der Waals surface area contributed by atoms with Crippen LogP contribution in [0.2, 0.25) is 0 Å². The summed E-state index contributed by atoms with van der Waals surface area (Å²) >= 11 is 0. The van der Waals surface area contributed by atoms with E-state index in [2.05, 4.69) is 48.8 Å². The minimum atomic E-state index is 0.0366. The second kappa shape index (κ2) is 7.46. The monoisotopic (exact) mass is 438 g/mol. The molecule has 5 fully saturated rings. The molecule has 0 amide bonds. The topological polar surface area (TPSA) is 45.3 Å². The number of esters is 1. The van der Waals surface area contributed by atoms with Gasteiger partial charge >= 0.3 is 5.97 Å². The summed E-state index contributed by atoms with van der Waals surface area (Å²) in [5.41, 5.74) is 4.52. The average molecular weight is 439 g/mol. The van der Waals surface area contributed by atoms with Gasteiger partial charge in [0.25, 0.3) is 0 Å². The van der Waals surface area contributed by atoms with Crippen molar-refractivity contribution >= 4 is 11.7 Å². The predicted octanol–water partition coefficient (Wildman–Crippen LogP) is 3.95. The normalized spacial score (nSPS) is 41.3. The lowest BCUT2D eigenvalue weighted by Crippen LogP contribution is -2.52. The van der Waals surface area contributed by atoms with Gasteiger partial charge in [-0.25, -0.2) is 0 Å². The fourth-order valence-corrected chi connectivity index (χ4v) is 7.69. The van der Waals surface area contributed by atoms with Gasteiger partial charge in [-0.15, -0.1) is 0 Å². The van der Waals surface area contributed by atoms with Crippen molar-refractivity contribution in [1.82, 2.24) is 4.90 Å².